The van der Waals surface area contributed by atoms with Gasteiger partial charge in [0, 0.05) is 37.9 Å². The molecule has 5 heteroatoms. The summed E-state index contributed by atoms with van der Waals surface area (Å²) in [5.41, 5.74) is 2.17. The second kappa shape index (κ2) is 5.78. The van der Waals surface area contributed by atoms with E-state index < -0.39 is 5.79 Å². The summed E-state index contributed by atoms with van der Waals surface area (Å²) in [6.45, 7) is 5.98. The summed E-state index contributed by atoms with van der Waals surface area (Å²) in [4.78, 5) is 23.1. The highest BCUT2D eigenvalue weighted by atomic mass is 32.2. The first-order valence-electron chi connectivity index (χ1n) is 8.12. The van der Waals surface area contributed by atoms with Crippen molar-refractivity contribution in [3.8, 4) is 0 Å². The van der Waals surface area contributed by atoms with Gasteiger partial charge in [0.1, 0.15) is 0 Å². The van der Waals surface area contributed by atoms with Gasteiger partial charge in [0.25, 0.3) is 0 Å². The van der Waals surface area contributed by atoms with Crippen LogP contribution in [0.15, 0.2) is 23.3 Å². The molecule has 0 aromatic carbocycles. The summed E-state index contributed by atoms with van der Waals surface area (Å²) in [5.74, 6) is 0.336. The minimum Gasteiger partial charge on any atom is -0.426 e. The van der Waals surface area contributed by atoms with E-state index in [0.717, 1.165) is 24.2 Å². The molecule has 3 rings (SSSR count). The smallest absolute Gasteiger partial charge is 0.333 e. The zero-order chi connectivity index (χ0) is 16.8. The zero-order valence-electron chi connectivity index (χ0n) is 14.2. The summed E-state index contributed by atoms with van der Waals surface area (Å²) in [5, 5.41) is 0.153. The molecule has 126 valence electrons. The number of thioether (sulfide) groups is 1. The summed E-state index contributed by atoms with van der Waals surface area (Å²) >= 11 is 1.37. The number of ether oxygens (including phenoxy) is 2. The average molecular weight is 336 g/mol. The molecule has 1 heterocycles. The van der Waals surface area contributed by atoms with Crippen LogP contribution in [-0.2, 0) is 19.1 Å². The molecule has 0 N–H and O–H groups in total. The van der Waals surface area contributed by atoms with Crippen molar-refractivity contribution in [1.29, 1.82) is 0 Å². The predicted molar refractivity (Wildman–Crippen MR) is 89.7 cm³/mol. The van der Waals surface area contributed by atoms with Crippen molar-refractivity contribution in [2.75, 3.05) is 12.9 Å². The van der Waals surface area contributed by atoms with E-state index >= 15 is 0 Å². The molecule has 0 radical (unpaired) electrons. The third kappa shape index (κ3) is 2.78. The Morgan fingerprint density at radius 1 is 1.48 bits per heavy atom. The summed E-state index contributed by atoms with van der Waals surface area (Å²) < 4.78 is 11.3. The highest BCUT2D eigenvalue weighted by molar-refractivity contribution is 8.13. The molecule has 1 fully saturated rings. The maximum absolute atomic E-state index is 11.9. The largest absolute Gasteiger partial charge is 0.426 e. The Bertz CT molecular complexity index is 604. The highest BCUT2D eigenvalue weighted by Gasteiger charge is 2.58. The van der Waals surface area contributed by atoms with Gasteiger partial charge in [-0.1, -0.05) is 37.3 Å². The van der Waals surface area contributed by atoms with Crippen LogP contribution in [0.1, 0.15) is 40.0 Å². The lowest BCUT2D eigenvalue weighted by atomic mass is 9.56. The lowest BCUT2D eigenvalue weighted by Gasteiger charge is -2.52. The second-order valence-electron chi connectivity index (χ2n) is 7.28. The van der Waals surface area contributed by atoms with Crippen molar-refractivity contribution < 1.29 is 19.1 Å². The van der Waals surface area contributed by atoms with E-state index in [0.29, 0.717) is 18.3 Å². The van der Waals surface area contributed by atoms with Gasteiger partial charge in [-0.25, -0.2) is 4.79 Å². The van der Waals surface area contributed by atoms with Crippen LogP contribution in [0.25, 0.3) is 0 Å². The Labute approximate surface area is 141 Å². The third-order valence-electron chi connectivity index (χ3n) is 5.60. The molecule has 4 nitrogen and oxygen atoms in total. The molecule has 2 aliphatic carbocycles. The van der Waals surface area contributed by atoms with Gasteiger partial charge in [0.05, 0.1) is 0 Å². The molecular weight excluding hydrogens is 312 g/mol. The van der Waals surface area contributed by atoms with Crippen molar-refractivity contribution >= 4 is 22.8 Å². The first-order chi connectivity index (χ1) is 10.8. The lowest BCUT2D eigenvalue weighted by Crippen LogP contribution is -2.51. The van der Waals surface area contributed by atoms with Gasteiger partial charge in [0.2, 0.25) is 5.79 Å². The minimum atomic E-state index is -0.908. The second-order valence-corrected chi connectivity index (χ2v) is 8.43. The van der Waals surface area contributed by atoms with Crippen LogP contribution < -0.4 is 0 Å². The number of hydrogen-bond donors (Lipinski definition) is 0. The van der Waals surface area contributed by atoms with E-state index in [1.54, 1.807) is 20.1 Å². The van der Waals surface area contributed by atoms with Crippen LogP contribution in [0.5, 0.6) is 0 Å². The van der Waals surface area contributed by atoms with Gasteiger partial charge in [0.15, 0.2) is 5.12 Å². The van der Waals surface area contributed by atoms with Crippen molar-refractivity contribution in [3.05, 3.63) is 23.3 Å². The minimum absolute atomic E-state index is 0.138. The Morgan fingerprint density at radius 2 is 2.22 bits per heavy atom. The first kappa shape index (κ1) is 16.8. The zero-order valence-corrected chi connectivity index (χ0v) is 15.0. The lowest BCUT2D eigenvalue weighted by molar-refractivity contribution is -0.214. The number of hydrogen-bond acceptors (Lipinski definition) is 5. The Morgan fingerprint density at radius 3 is 2.87 bits per heavy atom. The van der Waals surface area contributed by atoms with Crippen LogP contribution in [0.3, 0.4) is 0 Å². The monoisotopic (exact) mass is 336 g/mol. The topological polar surface area (TPSA) is 52.6 Å². The van der Waals surface area contributed by atoms with Crippen LogP contribution in [0.4, 0.5) is 0 Å². The highest BCUT2D eigenvalue weighted by Crippen LogP contribution is 2.58. The van der Waals surface area contributed by atoms with E-state index in [4.69, 9.17) is 9.47 Å². The molecule has 3 atom stereocenters. The Hall–Kier alpha value is -1.07. The van der Waals surface area contributed by atoms with Crippen molar-refractivity contribution in [3.63, 3.8) is 0 Å². The van der Waals surface area contributed by atoms with E-state index in [2.05, 4.69) is 19.9 Å². The molecule has 0 amide bonds. The average Bonchev–Trinajstić information content (AvgIpc) is 2.83. The van der Waals surface area contributed by atoms with Gasteiger partial charge in [-0.05, 0) is 30.1 Å². The Balaban J connectivity index is 1.91. The van der Waals surface area contributed by atoms with Crippen LogP contribution in [0, 0.1) is 17.3 Å². The predicted octanol–water partition coefficient (Wildman–Crippen LogP) is 3.47. The quantitative estimate of drug-likeness (QED) is 0.583. The fraction of sp³-hybridized carbons (Fsp3) is 0.667. The summed E-state index contributed by atoms with van der Waals surface area (Å²) in [6, 6.07) is 0. The number of fused-ring (bicyclic) bond motifs is 2. The van der Waals surface area contributed by atoms with Gasteiger partial charge in [-0.2, -0.15) is 0 Å². The van der Waals surface area contributed by atoms with E-state index in [-0.39, 0.29) is 16.5 Å². The standard InChI is InChI=1S/C18H24O4S/c1-11(19)23-10-12-5-6-14-13(7-12)9-18(21-4)15(17(14,2)3)8-16(20)22-18/h7-8,13-14H,5-6,9-10H2,1-4H3/t13-,14-,18+/m1/s1. The van der Waals surface area contributed by atoms with Crippen molar-refractivity contribution in [1.82, 2.24) is 0 Å². The van der Waals surface area contributed by atoms with Crippen LogP contribution >= 0.6 is 11.8 Å². The van der Waals surface area contributed by atoms with Crippen molar-refractivity contribution in [2.45, 2.75) is 45.8 Å². The Kier molecular flexibility index (Phi) is 4.21. The summed E-state index contributed by atoms with van der Waals surface area (Å²) in [7, 11) is 1.61. The molecule has 23 heavy (non-hydrogen) atoms. The first-order valence-corrected chi connectivity index (χ1v) is 9.11. The number of esters is 1. The molecule has 0 aromatic rings. The molecule has 0 unspecified atom stereocenters. The maximum Gasteiger partial charge on any atom is 0.333 e. The number of methoxy groups -OCH3 is 1. The number of allylic oxidation sites excluding steroid dienone is 1. The van der Waals surface area contributed by atoms with Crippen LogP contribution in [0.2, 0.25) is 0 Å². The molecule has 0 aromatic heterocycles. The SMILES string of the molecule is CO[C@]12C[C@H]3C=C(CSC(C)=O)CC[C@H]3C(C)(C)C1=CC(=O)O2. The maximum atomic E-state index is 11.9. The molecular formula is C18H24O4S. The molecule has 1 aliphatic heterocycles. The number of carbonyl (C=O) groups excluding carboxylic acids is 2. The number of rotatable bonds is 3. The van der Waals surface area contributed by atoms with E-state index in [1.165, 1.54) is 17.3 Å². The van der Waals surface area contributed by atoms with Gasteiger partial charge in [-0.3, -0.25) is 4.79 Å². The van der Waals surface area contributed by atoms with Crippen molar-refractivity contribution in [2.24, 2.45) is 17.3 Å². The molecule has 1 saturated carbocycles. The third-order valence-corrected chi connectivity index (χ3v) is 6.52. The molecule has 0 spiro atoms. The molecule has 3 aliphatic rings. The summed E-state index contributed by atoms with van der Waals surface area (Å²) in [6.07, 6.45) is 6.70. The van der Waals surface area contributed by atoms with Gasteiger partial charge >= 0.3 is 5.97 Å². The normalized spacial score (nSPS) is 34.9. The van der Waals surface area contributed by atoms with Crippen LogP contribution in [-0.4, -0.2) is 29.7 Å². The number of carbonyl (C=O) groups is 2. The fourth-order valence-corrected chi connectivity index (χ4v) is 5.15. The van der Waals surface area contributed by atoms with Gasteiger partial charge < -0.3 is 9.47 Å². The fourth-order valence-electron chi connectivity index (χ4n) is 4.52. The van der Waals surface area contributed by atoms with E-state index in [9.17, 15) is 9.59 Å². The van der Waals surface area contributed by atoms with E-state index in [1.807, 2.05) is 0 Å². The molecule has 0 bridgehead atoms. The van der Waals surface area contributed by atoms with Gasteiger partial charge in [-0.15, -0.1) is 0 Å². The molecule has 0 saturated heterocycles.